The zero-order valence-electron chi connectivity index (χ0n) is 13.5. The van der Waals surface area contributed by atoms with Crippen molar-refractivity contribution < 1.29 is 4.43 Å². The van der Waals surface area contributed by atoms with Crippen LogP contribution in [-0.2, 0) is 4.43 Å². The van der Waals surface area contributed by atoms with Gasteiger partial charge < -0.3 is 9.85 Å². The lowest BCUT2D eigenvalue weighted by Gasteiger charge is -2.36. The summed E-state index contributed by atoms with van der Waals surface area (Å²) in [5, 5.41) is 4.60. The second-order valence-electron chi connectivity index (χ2n) is 6.45. The third kappa shape index (κ3) is 5.05. The van der Waals surface area contributed by atoms with E-state index in [2.05, 4.69) is 49.4 Å². The van der Waals surface area contributed by atoms with Crippen molar-refractivity contribution in [2.24, 2.45) is 5.10 Å². The second kappa shape index (κ2) is 6.99. The van der Waals surface area contributed by atoms with Crippen LogP contribution in [0.1, 0.15) is 33.3 Å². The van der Waals surface area contributed by atoms with Crippen LogP contribution in [0.5, 0.6) is 0 Å². The molecule has 0 spiro atoms. The Bertz CT molecular complexity index is 438. The molecule has 112 valence electrons. The number of hydrogen-bond donors (Lipinski definition) is 1. The van der Waals surface area contributed by atoms with Crippen molar-refractivity contribution in [2.45, 2.75) is 45.8 Å². The maximum Gasteiger partial charge on any atom is 0.192 e. The third-order valence-corrected chi connectivity index (χ3v) is 8.37. The first-order valence-corrected chi connectivity index (χ1v) is 9.96. The van der Waals surface area contributed by atoms with E-state index >= 15 is 0 Å². The summed E-state index contributed by atoms with van der Waals surface area (Å²) in [6.07, 6.45) is 3.55. The van der Waals surface area contributed by atoms with Gasteiger partial charge in [-0.15, -0.1) is 0 Å². The van der Waals surface area contributed by atoms with Crippen LogP contribution < -0.4 is 5.43 Å². The molecule has 0 aliphatic heterocycles. The second-order valence-corrected chi connectivity index (χ2v) is 11.3. The molecule has 0 saturated heterocycles. The largest absolute Gasteiger partial charge is 0.415 e. The monoisotopic (exact) mass is 293 g/mol. The van der Waals surface area contributed by atoms with Crippen molar-refractivity contribution in [2.75, 3.05) is 13.2 Å². The van der Waals surface area contributed by atoms with Crippen molar-refractivity contribution >= 4 is 14.0 Å². The van der Waals surface area contributed by atoms with Crippen molar-refractivity contribution in [1.29, 1.82) is 0 Å². The van der Waals surface area contributed by atoms with Gasteiger partial charge in [-0.1, -0.05) is 20.8 Å². The quantitative estimate of drug-likeness (QED) is 0.378. The third-order valence-electron chi connectivity index (χ3n) is 3.83. The van der Waals surface area contributed by atoms with Crippen LogP contribution in [-0.4, -0.2) is 32.2 Å². The molecule has 0 radical (unpaired) electrons. The summed E-state index contributed by atoms with van der Waals surface area (Å²) in [4.78, 5) is 4.00. The molecule has 0 aliphatic carbocycles. The summed E-state index contributed by atoms with van der Waals surface area (Å²) < 4.78 is 6.08. The summed E-state index contributed by atoms with van der Waals surface area (Å²) in [6.45, 7) is 14.7. The van der Waals surface area contributed by atoms with Gasteiger partial charge in [0.05, 0.1) is 18.9 Å². The van der Waals surface area contributed by atoms with E-state index in [1.54, 1.807) is 12.4 Å². The van der Waals surface area contributed by atoms with E-state index in [1.165, 1.54) is 0 Å². The zero-order chi connectivity index (χ0) is 15.2. The average Bonchev–Trinajstić information content (AvgIpc) is 2.37. The zero-order valence-corrected chi connectivity index (χ0v) is 14.5. The van der Waals surface area contributed by atoms with Gasteiger partial charge in [-0.05, 0) is 37.2 Å². The molecule has 4 nitrogen and oxygen atoms in total. The molecule has 1 heterocycles. The van der Waals surface area contributed by atoms with E-state index in [4.69, 9.17) is 4.43 Å². The highest BCUT2D eigenvalue weighted by atomic mass is 28.4. The first kappa shape index (κ1) is 16.9. The van der Waals surface area contributed by atoms with Crippen LogP contribution in [0.25, 0.3) is 0 Å². The molecule has 1 N–H and O–H groups in total. The molecule has 0 saturated carbocycles. The van der Waals surface area contributed by atoms with Gasteiger partial charge in [-0.2, -0.15) is 5.10 Å². The Labute approximate surface area is 123 Å². The van der Waals surface area contributed by atoms with Gasteiger partial charge in [-0.3, -0.25) is 4.98 Å². The standard InChI is InChI=1S/C15H27N3OSi/c1-13(14-7-9-16-10-8-14)18-17-11-12-19-20(5,6)15(2,3)4/h7-10,17H,11-12H2,1-6H3. The predicted octanol–water partition coefficient (Wildman–Crippen LogP) is 3.42. The number of hydrazone groups is 1. The van der Waals surface area contributed by atoms with Gasteiger partial charge in [-0.25, -0.2) is 0 Å². The lowest BCUT2D eigenvalue weighted by atomic mass is 10.2. The molecule has 1 aromatic heterocycles. The number of nitrogens with zero attached hydrogens (tertiary/aromatic N) is 2. The van der Waals surface area contributed by atoms with Gasteiger partial charge >= 0.3 is 0 Å². The average molecular weight is 293 g/mol. The SMILES string of the molecule is CC(=NNCCO[Si](C)(C)C(C)(C)C)c1ccncc1. The molecule has 0 atom stereocenters. The Balaban J connectivity index is 2.36. The van der Waals surface area contributed by atoms with Crippen LogP contribution in [0.2, 0.25) is 18.1 Å². The Morgan fingerprint density at radius 1 is 1.30 bits per heavy atom. The van der Waals surface area contributed by atoms with Gasteiger partial charge in [0.2, 0.25) is 0 Å². The van der Waals surface area contributed by atoms with Crippen LogP contribution >= 0.6 is 0 Å². The predicted molar refractivity (Wildman–Crippen MR) is 87.6 cm³/mol. The topological polar surface area (TPSA) is 46.5 Å². The molecule has 1 aromatic rings. The maximum atomic E-state index is 6.08. The molecular formula is C15H27N3OSi. The minimum absolute atomic E-state index is 0.253. The molecule has 1 rings (SSSR count). The van der Waals surface area contributed by atoms with Crippen LogP contribution in [0.15, 0.2) is 29.6 Å². The molecule has 0 unspecified atom stereocenters. The molecule has 0 amide bonds. The first-order chi connectivity index (χ1) is 9.24. The van der Waals surface area contributed by atoms with Crippen LogP contribution in [0, 0.1) is 0 Å². The summed E-state index contributed by atoms with van der Waals surface area (Å²) in [6, 6.07) is 3.90. The van der Waals surface area contributed by atoms with E-state index < -0.39 is 8.32 Å². The molecule has 0 fully saturated rings. The Hall–Kier alpha value is -1.20. The Morgan fingerprint density at radius 2 is 1.90 bits per heavy atom. The summed E-state index contributed by atoms with van der Waals surface area (Å²) in [7, 11) is -1.64. The highest BCUT2D eigenvalue weighted by molar-refractivity contribution is 6.74. The first-order valence-electron chi connectivity index (χ1n) is 7.05. The van der Waals surface area contributed by atoms with Crippen LogP contribution in [0.3, 0.4) is 0 Å². The van der Waals surface area contributed by atoms with E-state index in [0.717, 1.165) is 17.8 Å². The lowest BCUT2D eigenvalue weighted by Crippen LogP contribution is -2.42. The maximum absolute atomic E-state index is 6.08. The molecular weight excluding hydrogens is 266 g/mol. The smallest absolute Gasteiger partial charge is 0.192 e. The number of hydrogen-bond acceptors (Lipinski definition) is 4. The molecule has 5 heteroatoms. The molecule has 0 aromatic carbocycles. The fourth-order valence-electron chi connectivity index (χ4n) is 1.40. The van der Waals surface area contributed by atoms with E-state index in [9.17, 15) is 0 Å². The number of pyridine rings is 1. The van der Waals surface area contributed by atoms with Crippen molar-refractivity contribution in [3.63, 3.8) is 0 Å². The molecule has 0 aliphatic rings. The van der Waals surface area contributed by atoms with Crippen molar-refractivity contribution in [3.8, 4) is 0 Å². The van der Waals surface area contributed by atoms with Gasteiger partial charge in [0, 0.05) is 18.0 Å². The van der Waals surface area contributed by atoms with Crippen molar-refractivity contribution in [1.82, 2.24) is 10.4 Å². The van der Waals surface area contributed by atoms with Gasteiger partial charge in [0.1, 0.15) is 0 Å². The van der Waals surface area contributed by atoms with Gasteiger partial charge in [0.15, 0.2) is 8.32 Å². The fraction of sp³-hybridized carbons (Fsp3) is 0.600. The number of nitrogens with one attached hydrogen (secondary N) is 1. The van der Waals surface area contributed by atoms with E-state index in [1.807, 2.05) is 19.1 Å². The van der Waals surface area contributed by atoms with E-state index in [0.29, 0.717) is 6.61 Å². The fourth-order valence-corrected chi connectivity index (χ4v) is 2.45. The van der Waals surface area contributed by atoms with Crippen LogP contribution in [0.4, 0.5) is 0 Å². The Morgan fingerprint density at radius 3 is 2.45 bits per heavy atom. The number of rotatable bonds is 6. The normalized spacial score (nSPS) is 13.4. The highest BCUT2D eigenvalue weighted by Gasteiger charge is 2.36. The van der Waals surface area contributed by atoms with Crippen molar-refractivity contribution in [3.05, 3.63) is 30.1 Å². The summed E-state index contributed by atoms with van der Waals surface area (Å²) in [5.74, 6) is 0. The van der Waals surface area contributed by atoms with Gasteiger partial charge in [0.25, 0.3) is 0 Å². The Kier molecular flexibility index (Phi) is 5.89. The highest BCUT2D eigenvalue weighted by Crippen LogP contribution is 2.36. The number of aromatic nitrogens is 1. The minimum atomic E-state index is -1.64. The summed E-state index contributed by atoms with van der Waals surface area (Å²) >= 11 is 0. The minimum Gasteiger partial charge on any atom is -0.415 e. The van der Waals surface area contributed by atoms with E-state index in [-0.39, 0.29) is 5.04 Å². The molecule has 20 heavy (non-hydrogen) atoms. The lowest BCUT2D eigenvalue weighted by molar-refractivity contribution is 0.287. The summed E-state index contributed by atoms with van der Waals surface area (Å²) in [5.41, 5.74) is 5.11. The molecule has 0 bridgehead atoms.